The molecule has 10 nitrogen and oxygen atoms in total. The molecule has 1 amide bonds. The predicted molar refractivity (Wildman–Crippen MR) is 170 cm³/mol. The number of aryl methyl sites for hydroxylation is 1. The van der Waals surface area contributed by atoms with Crippen LogP contribution in [-0.4, -0.2) is 46.9 Å². The third-order valence-electron chi connectivity index (χ3n) is 7.50. The van der Waals surface area contributed by atoms with Gasteiger partial charge in [-0.1, -0.05) is 29.8 Å². The van der Waals surface area contributed by atoms with E-state index in [9.17, 15) is 9.59 Å². The summed E-state index contributed by atoms with van der Waals surface area (Å²) in [5.74, 6) is 0.184. The SMILES string of the molecule is CN/C=C(\C=N)c1cnc(N)c(-c2ccc(NC(=O)c3cn(CC4CCOCC4)cc(-c4ccc(C)cc4)c3=O)cn2)c1. The van der Waals surface area contributed by atoms with Crippen LogP contribution >= 0.6 is 0 Å². The van der Waals surface area contributed by atoms with E-state index in [2.05, 4.69) is 20.6 Å². The number of anilines is 2. The van der Waals surface area contributed by atoms with Crippen molar-refractivity contribution in [3.63, 3.8) is 0 Å². The first-order chi connectivity index (χ1) is 20.9. The Kier molecular flexibility index (Phi) is 9.07. The number of hydrogen-bond acceptors (Lipinski definition) is 8. The number of carbonyl (C=O) groups is 1. The first-order valence-corrected chi connectivity index (χ1v) is 14.2. The number of amides is 1. The number of pyridine rings is 3. The zero-order chi connectivity index (χ0) is 30.3. The van der Waals surface area contributed by atoms with Gasteiger partial charge < -0.3 is 31.1 Å². The lowest BCUT2D eigenvalue weighted by atomic mass is 9.99. The van der Waals surface area contributed by atoms with Crippen LogP contribution in [0.5, 0.6) is 0 Å². The fourth-order valence-corrected chi connectivity index (χ4v) is 5.09. The average molecular weight is 578 g/mol. The van der Waals surface area contributed by atoms with Crippen molar-refractivity contribution >= 4 is 29.2 Å². The van der Waals surface area contributed by atoms with Crippen LogP contribution in [0.2, 0.25) is 0 Å². The summed E-state index contributed by atoms with van der Waals surface area (Å²) < 4.78 is 7.46. The molecule has 10 heteroatoms. The van der Waals surface area contributed by atoms with Crippen LogP contribution in [0.15, 0.2) is 78.2 Å². The van der Waals surface area contributed by atoms with Crippen LogP contribution < -0.4 is 21.8 Å². The Hall–Kier alpha value is -5.09. The smallest absolute Gasteiger partial charge is 0.261 e. The Morgan fingerprint density at radius 3 is 2.53 bits per heavy atom. The molecule has 1 fully saturated rings. The molecule has 1 saturated heterocycles. The zero-order valence-corrected chi connectivity index (χ0v) is 24.3. The maximum absolute atomic E-state index is 13.6. The van der Waals surface area contributed by atoms with Crippen molar-refractivity contribution in [3.05, 3.63) is 100 Å². The highest BCUT2D eigenvalue weighted by Crippen LogP contribution is 2.27. The molecule has 4 aromatic rings. The number of nitrogens with zero attached hydrogens (tertiary/aromatic N) is 3. The van der Waals surface area contributed by atoms with Crippen molar-refractivity contribution in [1.29, 1.82) is 5.41 Å². The molecular formula is C33H35N7O3. The topological polar surface area (TPSA) is 148 Å². The number of aromatic nitrogens is 3. The van der Waals surface area contributed by atoms with Gasteiger partial charge in [-0.25, -0.2) is 4.98 Å². The molecule has 0 aliphatic carbocycles. The van der Waals surface area contributed by atoms with E-state index in [-0.39, 0.29) is 11.0 Å². The van der Waals surface area contributed by atoms with E-state index in [1.165, 1.54) is 12.4 Å². The van der Waals surface area contributed by atoms with Gasteiger partial charge in [0.2, 0.25) is 5.43 Å². The molecule has 1 aliphatic rings. The molecule has 5 N–H and O–H groups in total. The molecule has 0 unspecified atom stereocenters. The van der Waals surface area contributed by atoms with Crippen LogP contribution in [-0.2, 0) is 11.3 Å². The summed E-state index contributed by atoms with van der Waals surface area (Å²) in [5, 5.41) is 13.4. The summed E-state index contributed by atoms with van der Waals surface area (Å²) in [4.78, 5) is 35.9. The van der Waals surface area contributed by atoms with Crippen LogP contribution in [0.3, 0.4) is 0 Å². The average Bonchev–Trinajstić information content (AvgIpc) is 3.02. The minimum absolute atomic E-state index is 0.0610. The fourth-order valence-electron chi connectivity index (χ4n) is 5.09. The maximum atomic E-state index is 13.6. The Morgan fingerprint density at radius 2 is 1.86 bits per heavy atom. The molecule has 0 radical (unpaired) electrons. The van der Waals surface area contributed by atoms with Gasteiger partial charge in [-0.15, -0.1) is 0 Å². The second-order valence-electron chi connectivity index (χ2n) is 10.6. The molecule has 0 atom stereocenters. The second-order valence-corrected chi connectivity index (χ2v) is 10.6. The quantitative estimate of drug-likeness (QED) is 0.210. The summed E-state index contributed by atoms with van der Waals surface area (Å²) in [6.07, 6.45) is 11.4. The molecule has 1 aromatic carbocycles. The van der Waals surface area contributed by atoms with Gasteiger partial charge in [-0.3, -0.25) is 14.6 Å². The summed E-state index contributed by atoms with van der Waals surface area (Å²) in [5.41, 5.74) is 11.1. The van der Waals surface area contributed by atoms with Crippen molar-refractivity contribution in [2.45, 2.75) is 26.3 Å². The van der Waals surface area contributed by atoms with E-state index in [1.807, 2.05) is 48.0 Å². The number of hydrogen-bond donors (Lipinski definition) is 4. The summed E-state index contributed by atoms with van der Waals surface area (Å²) >= 11 is 0. The zero-order valence-electron chi connectivity index (χ0n) is 24.3. The number of carbonyl (C=O) groups excluding carboxylic acids is 1. The summed E-state index contributed by atoms with van der Waals surface area (Å²) in [7, 11) is 1.75. The van der Waals surface area contributed by atoms with E-state index in [0.717, 1.165) is 24.0 Å². The Morgan fingerprint density at radius 1 is 1.09 bits per heavy atom. The van der Waals surface area contributed by atoms with Crippen molar-refractivity contribution < 1.29 is 9.53 Å². The molecule has 3 aromatic heterocycles. The largest absolute Gasteiger partial charge is 0.393 e. The minimum atomic E-state index is -0.509. The number of ether oxygens (including phenoxy) is 1. The Bertz CT molecular complexity index is 1700. The van der Waals surface area contributed by atoms with E-state index >= 15 is 0 Å². The molecule has 1 aliphatic heterocycles. The third kappa shape index (κ3) is 6.87. The van der Waals surface area contributed by atoms with Gasteiger partial charge in [-0.05, 0) is 49.4 Å². The van der Waals surface area contributed by atoms with Gasteiger partial charge in [0.1, 0.15) is 11.4 Å². The molecule has 220 valence electrons. The molecular weight excluding hydrogens is 542 g/mol. The lowest BCUT2D eigenvalue weighted by molar-refractivity contribution is 0.0612. The fraction of sp³-hybridized carbons (Fsp3) is 0.242. The van der Waals surface area contributed by atoms with E-state index < -0.39 is 5.91 Å². The lowest BCUT2D eigenvalue weighted by Gasteiger charge is -2.23. The molecule has 0 spiro atoms. The van der Waals surface area contributed by atoms with Crippen molar-refractivity contribution in [1.82, 2.24) is 19.9 Å². The molecule has 5 rings (SSSR count). The highest BCUT2D eigenvalue weighted by molar-refractivity contribution is 6.08. The molecule has 43 heavy (non-hydrogen) atoms. The number of benzene rings is 1. The third-order valence-corrected chi connectivity index (χ3v) is 7.50. The lowest BCUT2D eigenvalue weighted by Crippen LogP contribution is -2.26. The van der Waals surface area contributed by atoms with Gasteiger partial charge in [0.25, 0.3) is 5.91 Å². The van der Waals surface area contributed by atoms with Crippen molar-refractivity contribution in [2.75, 3.05) is 31.3 Å². The second kappa shape index (κ2) is 13.3. The number of nitrogens with two attached hydrogens (primary N) is 1. The van der Waals surface area contributed by atoms with E-state index in [1.54, 1.807) is 37.8 Å². The monoisotopic (exact) mass is 577 g/mol. The van der Waals surface area contributed by atoms with Crippen molar-refractivity contribution in [2.24, 2.45) is 5.92 Å². The van der Waals surface area contributed by atoms with Gasteiger partial charge in [-0.2, -0.15) is 0 Å². The van der Waals surface area contributed by atoms with E-state index in [4.69, 9.17) is 15.9 Å². The molecule has 0 saturated carbocycles. The minimum Gasteiger partial charge on any atom is -0.393 e. The number of nitrogens with one attached hydrogen (secondary N) is 3. The van der Waals surface area contributed by atoms with Gasteiger partial charge in [0.15, 0.2) is 0 Å². The van der Waals surface area contributed by atoms with Gasteiger partial charge in [0.05, 0.1) is 17.6 Å². The predicted octanol–water partition coefficient (Wildman–Crippen LogP) is 4.75. The highest BCUT2D eigenvalue weighted by Gasteiger charge is 2.20. The van der Waals surface area contributed by atoms with E-state index in [0.29, 0.717) is 65.1 Å². The molecule has 4 heterocycles. The number of allylic oxidation sites excluding steroid dienone is 1. The molecule has 0 bridgehead atoms. The Balaban J connectivity index is 1.43. The van der Waals surface area contributed by atoms with Crippen LogP contribution in [0.4, 0.5) is 11.5 Å². The van der Waals surface area contributed by atoms with Crippen molar-refractivity contribution in [3.8, 4) is 22.4 Å². The van der Waals surface area contributed by atoms with Crippen LogP contribution in [0.1, 0.15) is 34.3 Å². The Labute approximate surface area is 250 Å². The standard InChI is InChI=1S/C33H35N7O3/c1-21-3-5-23(6-4-21)28-19-40(18-22-9-11-43-12-10-22)20-29(31(28)41)33(42)39-26-7-8-30(37-17-26)27-13-24(16-38-32(27)35)25(14-34)15-36-2/h3-8,13-17,19-20,22,34,36H,9-12,18H2,1-2H3,(H2,35,38)(H,39,42)/b25-15+,34-14?. The first-order valence-electron chi connectivity index (χ1n) is 14.2. The van der Waals surface area contributed by atoms with Gasteiger partial charge >= 0.3 is 0 Å². The van der Waals surface area contributed by atoms with Crippen LogP contribution in [0.25, 0.3) is 28.0 Å². The highest BCUT2D eigenvalue weighted by atomic mass is 16.5. The maximum Gasteiger partial charge on any atom is 0.261 e. The van der Waals surface area contributed by atoms with Gasteiger partial charge in [0, 0.05) is 80.1 Å². The number of nitrogen functional groups attached to an aromatic ring is 1. The summed E-state index contributed by atoms with van der Waals surface area (Å²) in [6, 6.07) is 13.0. The summed E-state index contributed by atoms with van der Waals surface area (Å²) in [6.45, 7) is 4.12. The normalized spacial score (nSPS) is 13.9. The first kappa shape index (κ1) is 29.4. The van der Waals surface area contributed by atoms with Crippen LogP contribution in [0, 0.1) is 18.3 Å². The number of rotatable bonds is 9.